The van der Waals surface area contributed by atoms with Crippen LogP contribution < -0.4 is 5.73 Å². The molecule has 0 fully saturated rings. The molecule has 0 spiro atoms. The fraction of sp³-hybridized carbons (Fsp3) is 0.500. The van der Waals surface area contributed by atoms with E-state index in [1.54, 1.807) is 0 Å². The van der Waals surface area contributed by atoms with Gasteiger partial charge < -0.3 is 10.8 Å². The van der Waals surface area contributed by atoms with Crippen molar-refractivity contribution in [1.29, 1.82) is 0 Å². The van der Waals surface area contributed by atoms with E-state index in [-0.39, 0.29) is 0 Å². The summed E-state index contributed by atoms with van der Waals surface area (Å²) >= 11 is 0. The zero-order valence-electron chi connectivity index (χ0n) is 3.59. The summed E-state index contributed by atoms with van der Waals surface area (Å²) < 4.78 is 0. The minimum absolute atomic E-state index is 0.455. The van der Waals surface area contributed by atoms with E-state index in [1.807, 2.05) is 0 Å². The molecular formula is C4H9NO. The Morgan fingerprint density at radius 2 is 2.50 bits per heavy atom. The molecule has 0 aliphatic rings. The SMILES string of the molecule is [CH2]CC(O)[CH]N. The molecule has 1 unspecified atom stereocenters. The Morgan fingerprint density at radius 1 is 2.00 bits per heavy atom. The van der Waals surface area contributed by atoms with Gasteiger partial charge >= 0.3 is 0 Å². The minimum Gasteiger partial charge on any atom is -0.391 e. The lowest BCUT2D eigenvalue weighted by atomic mass is 10.3. The molecule has 6 heavy (non-hydrogen) atoms. The number of rotatable bonds is 2. The minimum atomic E-state index is -0.523. The van der Waals surface area contributed by atoms with Crippen LogP contribution in [0.15, 0.2) is 0 Å². The van der Waals surface area contributed by atoms with Crippen LogP contribution in [0.4, 0.5) is 0 Å². The van der Waals surface area contributed by atoms with Crippen molar-refractivity contribution in [2.24, 2.45) is 5.73 Å². The molecule has 1 atom stereocenters. The summed E-state index contributed by atoms with van der Waals surface area (Å²) in [6.07, 6.45) is -0.0683. The Balaban J connectivity index is 2.75. The maximum absolute atomic E-state index is 8.42. The standard InChI is InChI=1S/C4H9NO/c1-2-4(6)3-5/h3-4,6H,1-2,5H2. The zero-order valence-corrected chi connectivity index (χ0v) is 3.59. The highest BCUT2D eigenvalue weighted by molar-refractivity contribution is 4.67. The largest absolute Gasteiger partial charge is 0.391 e. The Labute approximate surface area is 38.0 Å². The van der Waals surface area contributed by atoms with E-state index < -0.39 is 6.10 Å². The predicted octanol–water partition coefficient (Wildman–Crippen LogP) is -0.308. The molecule has 0 aromatic heterocycles. The number of nitrogens with two attached hydrogens (primary N) is 1. The normalized spacial score (nSPS) is 14.5. The second kappa shape index (κ2) is 3.12. The molecule has 3 N–H and O–H groups in total. The number of aliphatic hydroxyl groups is 1. The van der Waals surface area contributed by atoms with Crippen molar-refractivity contribution < 1.29 is 5.11 Å². The van der Waals surface area contributed by atoms with Gasteiger partial charge in [-0.3, -0.25) is 0 Å². The van der Waals surface area contributed by atoms with Crippen molar-refractivity contribution in [1.82, 2.24) is 0 Å². The first kappa shape index (κ1) is 5.92. The molecule has 0 amide bonds. The van der Waals surface area contributed by atoms with E-state index >= 15 is 0 Å². The van der Waals surface area contributed by atoms with E-state index in [0.29, 0.717) is 6.42 Å². The van der Waals surface area contributed by atoms with Crippen LogP contribution >= 0.6 is 0 Å². The van der Waals surface area contributed by atoms with Gasteiger partial charge in [0.15, 0.2) is 0 Å². The Bertz CT molecular complexity index is 26.7. The lowest BCUT2D eigenvalue weighted by Gasteiger charge is -1.97. The van der Waals surface area contributed by atoms with Gasteiger partial charge in [0, 0.05) is 6.54 Å². The smallest absolute Gasteiger partial charge is 0.0707 e. The lowest BCUT2D eigenvalue weighted by Crippen LogP contribution is -2.10. The summed E-state index contributed by atoms with van der Waals surface area (Å²) in [5.74, 6) is 0. The molecule has 0 aromatic carbocycles. The summed E-state index contributed by atoms with van der Waals surface area (Å²) in [5, 5.41) is 8.42. The Kier molecular flexibility index (Phi) is 3.08. The summed E-state index contributed by atoms with van der Waals surface area (Å²) in [7, 11) is 0. The van der Waals surface area contributed by atoms with Gasteiger partial charge in [-0.1, -0.05) is 6.92 Å². The van der Waals surface area contributed by atoms with E-state index in [1.165, 1.54) is 6.54 Å². The summed E-state index contributed by atoms with van der Waals surface area (Å²) in [6.45, 7) is 4.61. The first-order valence-corrected chi connectivity index (χ1v) is 1.83. The van der Waals surface area contributed by atoms with Gasteiger partial charge in [-0.15, -0.1) is 0 Å². The highest BCUT2D eigenvalue weighted by Gasteiger charge is 1.91. The molecule has 0 heterocycles. The summed E-state index contributed by atoms with van der Waals surface area (Å²) in [6, 6.07) is 0. The highest BCUT2D eigenvalue weighted by atomic mass is 16.3. The average molecular weight is 87.1 g/mol. The fourth-order valence-corrected chi connectivity index (χ4v) is 0.0962. The van der Waals surface area contributed by atoms with Gasteiger partial charge in [-0.2, -0.15) is 0 Å². The quantitative estimate of drug-likeness (QED) is 0.485. The molecule has 0 bridgehead atoms. The molecule has 0 aromatic rings. The lowest BCUT2D eigenvalue weighted by molar-refractivity contribution is 0.208. The Hall–Kier alpha value is -0.0800. The van der Waals surface area contributed by atoms with Crippen molar-refractivity contribution in [3.05, 3.63) is 13.5 Å². The summed E-state index contributed by atoms with van der Waals surface area (Å²) in [4.78, 5) is 0. The third-order valence-corrected chi connectivity index (χ3v) is 0.518. The van der Waals surface area contributed by atoms with E-state index in [0.717, 1.165) is 0 Å². The van der Waals surface area contributed by atoms with Crippen LogP contribution in [0.5, 0.6) is 0 Å². The molecule has 0 aliphatic heterocycles. The van der Waals surface area contributed by atoms with Crippen LogP contribution in [-0.4, -0.2) is 11.2 Å². The van der Waals surface area contributed by atoms with E-state index in [9.17, 15) is 0 Å². The first-order valence-electron chi connectivity index (χ1n) is 1.83. The van der Waals surface area contributed by atoms with E-state index in [4.69, 9.17) is 10.8 Å². The fourth-order valence-electron chi connectivity index (χ4n) is 0.0962. The summed E-state index contributed by atoms with van der Waals surface area (Å²) in [5.41, 5.74) is 4.87. The molecule has 2 heteroatoms. The maximum atomic E-state index is 8.42. The number of hydrogen-bond acceptors (Lipinski definition) is 2. The van der Waals surface area contributed by atoms with Crippen molar-refractivity contribution in [2.75, 3.05) is 0 Å². The van der Waals surface area contributed by atoms with Crippen LogP contribution in [0.3, 0.4) is 0 Å². The topological polar surface area (TPSA) is 46.2 Å². The maximum Gasteiger partial charge on any atom is 0.0707 e. The van der Waals surface area contributed by atoms with Crippen molar-refractivity contribution in [3.8, 4) is 0 Å². The van der Waals surface area contributed by atoms with Gasteiger partial charge in [0.05, 0.1) is 6.10 Å². The van der Waals surface area contributed by atoms with Gasteiger partial charge in [-0.05, 0) is 6.42 Å². The molecule has 2 radical (unpaired) electrons. The molecule has 2 nitrogen and oxygen atoms in total. The highest BCUT2D eigenvalue weighted by Crippen LogP contribution is 1.85. The van der Waals surface area contributed by atoms with Crippen LogP contribution in [0.2, 0.25) is 0 Å². The van der Waals surface area contributed by atoms with Crippen LogP contribution in [0, 0.1) is 13.5 Å². The molecule has 0 rings (SSSR count). The molecule has 36 valence electrons. The third-order valence-electron chi connectivity index (χ3n) is 0.518. The van der Waals surface area contributed by atoms with Gasteiger partial charge in [0.1, 0.15) is 0 Å². The van der Waals surface area contributed by atoms with Crippen LogP contribution in [-0.2, 0) is 0 Å². The van der Waals surface area contributed by atoms with Crippen LogP contribution in [0.25, 0.3) is 0 Å². The average Bonchev–Trinajstić information content (AvgIpc) is 1.65. The van der Waals surface area contributed by atoms with E-state index in [2.05, 4.69) is 6.92 Å². The number of hydrogen-bond donors (Lipinski definition) is 2. The second-order valence-corrected chi connectivity index (χ2v) is 1.05. The first-order chi connectivity index (χ1) is 2.81. The monoisotopic (exact) mass is 87.1 g/mol. The van der Waals surface area contributed by atoms with Crippen molar-refractivity contribution in [3.63, 3.8) is 0 Å². The molecule has 0 saturated carbocycles. The van der Waals surface area contributed by atoms with Gasteiger partial charge in [0.2, 0.25) is 0 Å². The molecule has 0 aliphatic carbocycles. The molecule has 0 saturated heterocycles. The number of aliphatic hydroxyl groups excluding tert-OH is 1. The Morgan fingerprint density at radius 3 is 2.50 bits per heavy atom. The van der Waals surface area contributed by atoms with Crippen molar-refractivity contribution >= 4 is 0 Å². The molecular weight excluding hydrogens is 78.1 g/mol. The van der Waals surface area contributed by atoms with Gasteiger partial charge in [0.25, 0.3) is 0 Å². The predicted molar refractivity (Wildman–Crippen MR) is 24.5 cm³/mol. The van der Waals surface area contributed by atoms with Crippen molar-refractivity contribution in [2.45, 2.75) is 12.5 Å². The second-order valence-electron chi connectivity index (χ2n) is 1.05. The zero-order chi connectivity index (χ0) is 4.99. The third kappa shape index (κ3) is 2.18. The van der Waals surface area contributed by atoms with Crippen LogP contribution in [0.1, 0.15) is 6.42 Å². The van der Waals surface area contributed by atoms with Gasteiger partial charge in [-0.25, -0.2) is 0 Å².